The van der Waals surface area contributed by atoms with E-state index in [1.807, 2.05) is 12.4 Å². The monoisotopic (exact) mass is 438 g/mol. The van der Waals surface area contributed by atoms with E-state index in [4.69, 9.17) is 9.72 Å². The van der Waals surface area contributed by atoms with E-state index < -0.39 is 0 Å². The lowest BCUT2D eigenvalue weighted by molar-refractivity contribution is 0.122. The third-order valence-corrected chi connectivity index (χ3v) is 6.40. The second kappa shape index (κ2) is 8.01. The van der Waals surface area contributed by atoms with Crippen molar-refractivity contribution in [3.8, 4) is 11.3 Å². The third-order valence-electron chi connectivity index (χ3n) is 6.40. The van der Waals surface area contributed by atoms with Gasteiger partial charge in [-0.05, 0) is 55.8 Å². The number of ether oxygens (including phenoxy) is 1. The topological polar surface area (TPSA) is 67.0 Å². The number of hydrogen-bond donors (Lipinski definition) is 1. The quantitative estimate of drug-likeness (QED) is 0.489. The van der Waals surface area contributed by atoms with Crippen LogP contribution in [0.1, 0.15) is 18.2 Å². The van der Waals surface area contributed by atoms with E-state index in [0.29, 0.717) is 0 Å². The van der Waals surface area contributed by atoms with Gasteiger partial charge in [-0.15, -0.1) is 0 Å². The molecule has 0 amide bonds. The molecule has 4 aromatic rings. The molecule has 6 rings (SSSR count). The number of hydrogen-bond acceptors (Lipinski definition) is 6. The van der Waals surface area contributed by atoms with E-state index in [1.165, 1.54) is 11.3 Å². The molecular formula is C26H26N6O. The van der Waals surface area contributed by atoms with Crippen LogP contribution in [0.2, 0.25) is 0 Å². The fraction of sp³-hybridized carbons (Fsp3) is 0.269. The molecule has 2 aliphatic rings. The van der Waals surface area contributed by atoms with Crippen molar-refractivity contribution in [2.75, 3.05) is 36.5 Å². The van der Waals surface area contributed by atoms with Gasteiger partial charge in [0.25, 0.3) is 0 Å². The van der Waals surface area contributed by atoms with Crippen LogP contribution in [0.3, 0.4) is 0 Å². The van der Waals surface area contributed by atoms with Gasteiger partial charge < -0.3 is 15.0 Å². The molecule has 7 nitrogen and oxygen atoms in total. The molecule has 0 saturated carbocycles. The maximum absolute atomic E-state index is 5.47. The number of rotatable bonds is 4. The molecule has 2 aromatic carbocycles. The van der Waals surface area contributed by atoms with Crippen molar-refractivity contribution >= 4 is 34.2 Å². The lowest BCUT2D eigenvalue weighted by atomic mass is 10.0. The predicted molar refractivity (Wildman–Crippen MR) is 132 cm³/mol. The zero-order chi connectivity index (χ0) is 22.4. The number of morpholine rings is 1. The summed E-state index contributed by atoms with van der Waals surface area (Å²) in [4.78, 5) is 16.6. The number of aryl methyl sites for hydroxylation is 1. The summed E-state index contributed by atoms with van der Waals surface area (Å²) < 4.78 is 7.57. The Hall–Kier alpha value is -3.71. The number of nitrogens with one attached hydrogen (secondary N) is 1. The van der Waals surface area contributed by atoms with E-state index in [1.54, 1.807) is 0 Å². The van der Waals surface area contributed by atoms with Crippen LogP contribution in [-0.2, 0) is 11.2 Å². The van der Waals surface area contributed by atoms with Gasteiger partial charge in [0.05, 0.1) is 24.6 Å². The third kappa shape index (κ3) is 3.64. The molecule has 2 aromatic heterocycles. The molecule has 0 aliphatic carbocycles. The molecule has 0 radical (unpaired) electrons. The van der Waals surface area contributed by atoms with Crippen LogP contribution in [0, 0.1) is 6.92 Å². The van der Waals surface area contributed by atoms with Crippen LogP contribution in [0.5, 0.6) is 0 Å². The lowest BCUT2D eigenvalue weighted by Crippen LogP contribution is -2.36. The summed E-state index contributed by atoms with van der Waals surface area (Å²) in [6.45, 7) is 7.58. The van der Waals surface area contributed by atoms with Gasteiger partial charge in [0, 0.05) is 60.2 Å². The van der Waals surface area contributed by atoms with Crippen molar-refractivity contribution in [1.29, 1.82) is 0 Å². The smallest absolute Gasteiger partial charge is 0.180 e. The second-order valence-corrected chi connectivity index (χ2v) is 8.65. The molecule has 0 unspecified atom stereocenters. The second-order valence-electron chi connectivity index (χ2n) is 8.65. The van der Waals surface area contributed by atoms with Crippen molar-refractivity contribution in [2.24, 2.45) is 4.99 Å². The Balaban J connectivity index is 1.35. The number of aromatic nitrogens is 3. The SMILES string of the molecule is CC1=Nc2ccc(-c3nc(Nc4ccc(N5CCOCC5)cc4)c4nccn4c3C)cc2C1. The van der Waals surface area contributed by atoms with Gasteiger partial charge in [-0.25, -0.2) is 9.97 Å². The highest BCUT2D eigenvalue weighted by Crippen LogP contribution is 2.34. The Labute approximate surface area is 192 Å². The molecule has 0 atom stereocenters. The number of fused-ring (bicyclic) bond motifs is 2. The van der Waals surface area contributed by atoms with Gasteiger partial charge >= 0.3 is 0 Å². The summed E-state index contributed by atoms with van der Waals surface area (Å²) in [5.74, 6) is 0.743. The van der Waals surface area contributed by atoms with Gasteiger partial charge in [-0.2, -0.15) is 0 Å². The van der Waals surface area contributed by atoms with Crippen LogP contribution >= 0.6 is 0 Å². The molecule has 7 heteroatoms. The largest absolute Gasteiger partial charge is 0.378 e. The van der Waals surface area contributed by atoms with E-state index in [-0.39, 0.29) is 0 Å². The highest BCUT2D eigenvalue weighted by atomic mass is 16.5. The first-order chi connectivity index (χ1) is 16.2. The van der Waals surface area contributed by atoms with Crippen molar-refractivity contribution < 1.29 is 4.74 Å². The predicted octanol–water partition coefficient (Wildman–Crippen LogP) is 4.93. The number of imidazole rings is 1. The molecule has 0 bridgehead atoms. The lowest BCUT2D eigenvalue weighted by Gasteiger charge is -2.28. The number of aliphatic imine (C=N–C) groups is 1. The summed E-state index contributed by atoms with van der Waals surface area (Å²) in [6, 6.07) is 14.9. The number of anilines is 3. The fourth-order valence-corrected chi connectivity index (χ4v) is 4.68. The Kier molecular flexibility index (Phi) is 4.84. The maximum Gasteiger partial charge on any atom is 0.180 e. The van der Waals surface area contributed by atoms with Crippen molar-refractivity contribution in [2.45, 2.75) is 20.3 Å². The zero-order valence-corrected chi connectivity index (χ0v) is 18.9. The highest BCUT2D eigenvalue weighted by molar-refractivity contribution is 5.93. The normalized spacial score (nSPS) is 15.6. The van der Waals surface area contributed by atoms with E-state index in [9.17, 15) is 0 Å². The van der Waals surface area contributed by atoms with Crippen LogP contribution in [0.25, 0.3) is 16.9 Å². The molecular weight excluding hydrogens is 412 g/mol. The number of nitrogens with zero attached hydrogens (tertiary/aromatic N) is 5. The van der Waals surface area contributed by atoms with E-state index >= 15 is 0 Å². The molecule has 166 valence electrons. The van der Waals surface area contributed by atoms with Crippen molar-refractivity contribution in [3.05, 3.63) is 66.1 Å². The molecule has 2 aliphatic heterocycles. The van der Waals surface area contributed by atoms with Crippen LogP contribution in [0.4, 0.5) is 22.9 Å². The van der Waals surface area contributed by atoms with Gasteiger partial charge in [0.15, 0.2) is 11.5 Å². The van der Waals surface area contributed by atoms with Gasteiger partial charge in [0.2, 0.25) is 0 Å². The molecule has 1 saturated heterocycles. The summed E-state index contributed by atoms with van der Waals surface area (Å²) in [7, 11) is 0. The van der Waals surface area contributed by atoms with Gasteiger partial charge in [0.1, 0.15) is 0 Å². The van der Waals surface area contributed by atoms with E-state index in [2.05, 4.69) is 80.9 Å². The molecule has 1 N–H and O–H groups in total. The Morgan fingerprint density at radius 1 is 1.00 bits per heavy atom. The molecule has 0 spiro atoms. The Morgan fingerprint density at radius 2 is 1.82 bits per heavy atom. The summed E-state index contributed by atoms with van der Waals surface area (Å²) in [5, 5.41) is 3.50. The minimum absolute atomic E-state index is 0.743. The average Bonchev–Trinajstić information content (AvgIpc) is 3.48. The zero-order valence-electron chi connectivity index (χ0n) is 18.9. The van der Waals surface area contributed by atoms with Crippen molar-refractivity contribution in [3.63, 3.8) is 0 Å². The average molecular weight is 439 g/mol. The van der Waals surface area contributed by atoms with Crippen molar-refractivity contribution in [1.82, 2.24) is 14.4 Å². The first kappa shape index (κ1) is 19.9. The molecule has 4 heterocycles. The van der Waals surface area contributed by atoms with Crippen LogP contribution < -0.4 is 10.2 Å². The maximum atomic E-state index is 5.47. The summed E-state index contributed by atoms with van der Waals surface area (Å²) in [5.41, 5.74) is 9.58. The molecule has 1 fully saturated rings. The minimum Gasteiger partial charge on any atom is -0.378 e. The van der Waals surface area contributed by atoms with Gasteiger partial charge in [-0.1, -0.05) is 6.07 Å². The Bertz CT molecular complexity index is 1370. The molecule has 33 heavy (non-hydrogen) atoms. The minimum atomic E-state index is 0.743. The summed E-state index contributed by atoms with van der Waals surface area (Å²) in [6.07, 6.45) is 4.71. The highest BCUT2D eigenvalue weighted by Gasteiger charge is 2.18. The standard InChI is InChI=1S/C26H26N6O/c1-17-15-20-16-19(3-8-23(20)28-17)24-18(2)32-10-9-27-26(32)25(30-24)29-21-4-6-22(7-5-21)31-11-13-33-14-12-31/h3-10,16H,11-15H2,1-2H3,(H,29,30). The summed E-state index contributed by atoms with van der Waals surface area (Å²) >= 11 is 0. The first-order valence-electron chi connectivity index (χ1n) is 11.4. The first-order valence-corrected chi connectivity index (χ1v) is 11.4. The number of benzene rings is 2. The van der Waals surface area contributed by atoms with Gasteiger partial charge in [-0.3, -0.25) is 9.39 Å². The van der Waals surface area contributed by atoms with E-state index in [0.717, 1.165) is 78.2 Å². The van der Waals surface area contributed by atoms with Crippen LogP contribution in [-0.4, -0.2) is 46.4 Å². The fourth-order valence-electron chi connectivity index (χ4n) is 4.68. The Morgan fingerprint density at radius 3 is 2.64 bits per heavy atom. The van der Waals surface area contributed by atoms with Crippen LogP contribution in [0.15, 0.2) is 59.9 Å².